The van der Waals surface area contributed by atoms with Crippen LogP contribution in [-0.2, 0) is 27.4 Å². The summed E-state index contributed by atoms with van der Waals surface area (Å²) in [7, 11) is 1.74. The molecular formula is C36H36FeN2O2+2. The zero-order chi connectivity index (χ0) is 27.6. The van der Waals surface area contributed by atoms with Crippen molar-refractivity contribution in [1.82, 2.24) is 5.01 Å². The van der Waals surface area contributed by atoms with Crippen LogP contribution in [0.4, 0.5) is 0 Å². The number of hydrogen-bond acceptors (Lipinski definition) is 4. The van der Waals surface area contributed by atoms with Gasteiger partial charge < -0.3 is 9.84 Å². The van der Waals surface area contributed by atoms with Gasteiger partial charge in [-0.05, 0) is 80.9 Å². The molecule has 3 aromatic rings. The molecule has 1 saturated heterocycles. The number of hydrogen-bond donors (Lipinski definition) is 1. The number of methoxy groups -OCH3 is 1. The zero-order valence-corrected chi connectivity index (χ0v) is 24.4. The van der Waals surface area contributed by atoms with Gasteiger partial charge in [0.2, 0.25) is 0 Å². The molecule has 0 aromatic heterocycles. The van der Waals surface area contributed by atoms with Crippen LogP contribution >= 0.6 is 0 Å². The number of hydrazone groups is 1. The second-order valence-corrected chi connectivity index (χ2v) is 9.99. The molecule has 208 valence electrons. The van der Waals surface area contributed by atoms with Gasteiger partial charge in [-0.2, -0.15) is 5.10 Å². The van der Waals surface area contributed by atoms with Gasteiger partial charge in [0.1, 0.15) is 5.60 Å². The van der Waals surface area contributed by atoms with Crippen molar-refractivity contribution < 1.29 is 26.9 Å². The van der Waals surface area contributed by atoms with E-state index in [4.69, 9.17) is 9.84 Å². The molecule has 5 heteroatoms. The van der Waals surface area contributed by atoms with Crippen molar-refractivity contribution in [2.75, 3.05) is 20.3 Å². The second-order valence-electron chi connectivity index (χ2n) is 9.99. The van der Waals surface area contributed by atoms with Crippen molar-refractivity contribution in [3.8, 4) is 0 Å². The summed E-state index contributed by atoms with van der Waals surface area (Å²) < 4.78 is 5.48. The van der Waals surface area contributed by atoms with E-state index in [9.17, 15) is 5.11 Å². The van der Waals surface area contributed by atoms with Gasteiger partial charge in [0.25, 0.3) is 0 Å². The summed E-state index contributed by atoms with van der Waals surface area (Å²) in [4.78, 5) is 0. The van der Waals surface area contributed by atoms with Crippen molar-refractivity contribution in [2.45, 2.75) is 24.5 Å². The first-order valence-electron chi connectivity index (χ1n) is 13.9. The molecule has 1 atom stereocenters. The number of benzene rings is 3. The number of nitrogens with zero attached hydrogens (tertiary/aromatic N) is 2. The number of ether oxygens (including phenoxy) is 1. The Balaban J connectivity index is 0.000000584. The first-order chi connectivity index (χ1) is 19.7. The average Bonchev–Trinajstić information content (AvgIpc) is 3.82. The Hall–Kier alpha value is -2.43. The third-order valence-electron chi connectivity index (χ3n) is 7.38. The van der Waals surface area contributed by atoms with Gasteiger partial charge in [0, 0.05) is 25.5 Å². The van der Waals surface area contributed by atoms with Gasteiger partial charge >= 0.3 is 17.1 Å². The Bertz CT molecular complexity index is 1140. The molecular weight excluding hydrogens is 548 g/mol. The summed E-state index contributed by atoms with van der Waals surface area (Å²) in [6, 6.07) is 30.3. The Kier molecular flexibility index (Phi) is 12.1. The van der Waals surface area contributed by atoms with Gasteiger partial charge in [0.05, 0.1) is 18.4 Å². The summed E-state index contributed by atoms with van der Waals surface area (Å²) in [5.41, 5.74) is 2.20. The van der Waals surface area contributed by atoms with E-state index in [-0.39, 0.29) is 23.1 Å². The van der Waals surface area contributed by atoms with Gasteiger partial charge in [-0.15, -0.1) is 0 Å². The van der Waals surface area contributed by atoms with Crippen molar-refractivity contribution in [2.24, 2.45) is 5.10 Å². The molecule has 3 fully saturated rings. The predicted octanol–water partition coefficient (Wildman–Crippen LogP) is 6.23. The number of aliphatic hydroxyl groups is 1. The fraction of sp³-hybridized carbons (Fsp3) is 0.194. The van der Waals surface area contributed by atoms with E-state index in [1.54, 1.807) is 7.11 Å². The van der Waals surface area contributed by atoms with Gasteiger partial charge in [-0.3, -0.25) is 5.01 Å². The average molecular weight is 585 g/mol. The Labute approximate surface area is 257 Å². The molecule has 3 aromatic carbocycles. The number of rotatable bonds is 8. The van der Waals surface area contributed by atoms with Crippen LogP contribution in [0.5, 0.6) is 0 Å². The summed E-state index contributed by atoms with van der Waals surface area (Å²) >= 11 is 0. The van der Waals surface area contributed by atoms with Gasteiger partial charge in [-0.1, -0.05) is 91.0 Å². The minimum atomic E-state index is -1.33. The Morgan fingerprint density at radius 1 is 0.805 bits per heavy atom. The van der Waals surface area contributed by atoms with Crippen LogP contribution in [0.15, 0.2) is 96.1 Å². The molecule has 1 heterocycles. The molecule has 3 aliphatic rings. The summed E-state index contributed by atoms with van der Waals surface area (Å²) in [5.74, 6) is 1.74. The van der Waals surface area contributed by atoms with E-state index in [0.717, 1.165) is 53.6 Å². The van der Waals surface area contributed by atoms with Gasteiger partial charge in [0.15, 0.2) is 0 Å². The third kappa shape index (κ3) is 7.51. The quantitative estimate of drug-likeness (QED) is 0.252. The fourth-order valence-electron chi connectivity index (χ4n) is 5.40. The molecule has 1 N–H and O–H groups in total. The summed E-state index contributed by atoms with van der Waals surface area (Å²) in [6.07, 6.45) is 18.2. The molecule has 2 saturated carbocycles. The predicted molar refractivity (Wildman–Crippen MR) is 161 cm³/mol. The summed E-state index contributed by atoms with van der Waals surface area (Å²) in [6.45, 7) is 1.54. The van der Waals surface area contributed by atoms with Gasteiger partial charge in [-0.25, -0.2) is 0 Å². The van der Waals surface area contributed by atoms with E-state index in [1.807, 2.05) is 124 Å². The molecule has 6 rings (SSSR count). The molecule has 4 nitrogen and oxygen atoms in total. The monoisotopic (exact) mass is 584 g/mol. The van der Waals surface area contributed by atoms with E-state index in [0.29, 0.717) is 6.61 Å². The van der Waals surface area contributed by atoms with Crippen LogP contribution in [0.25, 0.3) is 0 Å². The van der Waals surface area contributed by atoms with E-state index in [2.05, 4.69) is 23.6 Å². The maximum atomic E-state index is 12.5. The molecule has 1 aliphatic heterocycles. The third-order valence-corrected chi connectivity index (χ3v) is 7.38. The SMILES string of the molecule is COC[C@@H]1CCCN1/N=C(/[C]1[CH][CH][CH][C]1C(O)(c1ccccc1)c1ccccc1)c1ccccc1.[CH]1[CH][CH][CH][CH]1.[Fe+2]. The van der Waals surface area contributed by atoms with Crippen molar-refractivity contribution in [1.29, 1.82) is 0 Å². The fourth-order valence-corrected chi connectivity index (χ4v) is 5.40. The largest absolute Gasteiger partial charge is 2.00 e. The normalized spacial score (nSPS) is 20.0. The van der Waals surface area contributed by atoms with Crippen molar-refractivity contribution in [3.63, 3.8) is 0 Å². The molecule has 0 amide bonds. The van der Waals surface area contributed by atoms with Crippen LogP contribution in [0.1, 0.15) is 29.5 Å². The minimum Gasteiger partial charge on any atom is -0.382 e. The van der Waals surface area contributed by atoms with E-state index in [1.165, 1.54) is 0 Å². The Morgan fingerprint density at radius 2 is 1.34 bits per heavy atom. The molecule has 0 bridgehead atoms. The van der Waals surface area contributed by atoms with E-state index < -0.39 is 5.60 Å². The minimum absolute atomic E-state index is 0. The topological polar surface area (TPSA) is 45.1 Å². The first-order valence-corrected chi connectivity index (χ1v) is 13.9. The van der Waals surface area contributed by atoms with Crippen LogP contribution < -0.4 is 0 Å². The van der Waals surface area contributed by atoms with Crippen molar-refractivity contribution in [3.05, 3.63) is 171 Å². The van der Waals surface area contributed by atoms with Crippen LogP contribution in [0.2, 0.25) is 0 Å². The molecule has 0 spiro atoms. The molecule has 0 unspecified atom stereocenters. The second kappa shape index (κ2) is 15.7. The molecule has 2 aliphatic carbocycles. The molecule has 41 heavy (non-hydrogen) atoms. The maximum Gasteiger partial charge on any atom is 2.00 e. The molecule has 10 radical (unpaired) electrons. The van der Waals surface area contributed by atoms with Crippen LogP contribution in [0.3, 0.4) is 0 Å². The van der Waals surface area contributed by atoms with Crippen LogP contribution in [-0.4, -0.2) is 42.1 Å². The van der Waals surface area contributed by atoms with Crippen molar-refractivity contribution >= 4 is 5.71 Å². The zero-order valence-electron chi connectivity index (χ0n) is 23.3. The smallest absolute Gasteiger partial charge is 0.382 e. The Morgan fingerprint density at radius 3 is 1.88 bits per heavy atom. The van der Waals surface area contributed by atoms with E-state index >= 15 is 0 Å². The standard InChI is InChI=1S/C31H31N2O2.C5H5.Fe/c1-35-23-27-19-12-22-33(27)32-30(24-13-5-2-6-14-24)28-20-11-21-29(28)31(34,25-15-7-3-8-16-25)26-17-9-4-10-18-26;1-2-4-5-3-1;/h2-11,13-18,20-21,27,34H,12,19,22-23H2,1H3;1-5H;/q;;+2/b32-30+;;/t27-;;/m0../s1. The summed E-state index contributed by atoms with van der Waals surface area (Å²) in [5, 5.41) is 19.9. The maximum absolute atomic E-state index is 12.5. The van der Waals surface area contributed by atoms with Crippen LogP contribution in [0, 0.1) is 63.2 Å². The first kappa shape index (κ1) is 31.5.